The van der Waals surface area contributed by atoms with Crippen molar-refractivity contribution in [3.05, 3.63) is 29.8 Å². The van der Waals surface area contributed by atoms with E-state index >= 15 is 0 Å². The predicted molar refractivity (Wildman–Crippen MR) is 68.8 cm³/mol. The molecule has 1 aromatic rings. The average Bonchev–Trinajstić information content (AvgIpc) is 2.67. The fraction of sp³-hybridized carbons (Fsp3) is 0.462. The second kappa shape index (κ2) is 5.29. The monoisotopic (exact) mass is 233 g/mol. The lowest BCUT2D eigenvalue weighted by Gasteiger charge is -2.15. The molecule has 1 unspecified atom stereocenters. The number of likely N-dealkylation sites (tertiary alicyclic amines) is 1. The number of nitrogens with zero attached hydrogens (tertiary/aromatic N) is 1. The SMILES string of the molecule is Cc1ccccc1NC(=O)CN1CCC(N)C1. The number of carbonyl (C=O) groups is 1. The number of anilines is 1. The van der Waals surface area contributed by atoms with E-state index in [-0.39, 0.29) is 11.9 Å². The average molecular weight is 233 g/mol. The van der Waals surface area contributed by atoms with Crippen LogP contribution in [0.2, 0.25) is 0 Å². The lowest BCUT2D eigenvalue weighted by molar-refractivity contribution is -0.117. The number of aryl methyl sites for hydroxylation is 1. The van der Waals surface area contributed by atoms with E-state index in [4.69, 9.17) is 5.73 Å². The third-order valence-electron chi connectivity index (χ3n) is 3.10. The quantitative estimate of drug-likeness (QED) is 0.817. The normalized spacial score (nSPS) is 20.5. The minimum Gasteiger partial charge on any atom is -0.326 e. The molecular weight excluding hydrogens is 214 g/mol. The highest BCUT2D eigenvalue weighted by Crippen LogP contribution is 2.13. The first kappa shape index (κ1) is 12.1. The largest absolute Gasteiger partial charge is 0.326 e. The van der Waals surface area contributed by atoms with Gasteiger partial charge in [0.25, 0.3) is 0 Å². The van der Waals surface area contributed by atoms with Gasteiger partial charge >= 0.3 is 0 Å². The molecule has 1 fully saturated rings. The molecule has 0 spiro atoms. The van der Waals surface area contributed by atoms with Crippen LogP contribution in [0.4, 0.5) is 5.69 Å². The zero-order valence-electron chi connectivity index (χ0n) is 10.1. The maximum absolute atomic E-state index is 11.8. The first-order valence-electron chi connectivity index (χ1n) is 5.98. The molecule has 1 aliphatic heterocycles. The van der Waals surface area contributed by atoms with E-state index in [1.54, 1.807) is 0 Å². The summed E-state index contributed by atoms with van der Waals surface area (Å²) in [6, 6.07) is 8.02. The van der Waals surface area contributed by atoms with Crippen LogP contribution in [0.1, 0.15) is 12.0 Å². The summed E-state index contributed by atoms with van der Waals surface area (Å²) in [7, 11) is 0. The smallest absolute Gasteiger partial charge is 0.238 e. The van der Waals surface area contributed by atoms with Crippen molar-refractivity contribution in [1.82, 2.24) is 4.90 Å². The number of carbonyl (C=O) groups excluding carboxylic acids is 1. The van der Waals surface area contributed by atoms with Crippen LogP contribution in [0, 0.1) is 6.92 Å². The summed E-state index contributed by atoms with van der Waals surface area (Å²) in [6.07, 6.45) is 0.984. The number of benzene rings is 1. The van der Waals surface area contributed by atoms with Gasteiger partial charge in [0, 0.05) is 24.8 Å². The standard InChI is InChI=1S/C13H19N3O/c1-10-4-2-3-5-12(10)15-13(17)9-16-7-6-11(14)8-16/h2-5,11H,6-9,14H2,1H3,(H,15,17). The first-order valence-corrected chi connectivity index (χ1v) is 5.98. The van der Waals surface area contributed by atoms with Crippen LogP contribution >= 0.6 is 0 Å². The molecule has 1 heterocycles. The molecule has 3 N–H and O–H groups in total. The van der Waals surface area contributed by atoms with Gasteiger partial charge in [-0.2, -0.15) is 0 Å². The van der Waals surface area contributed by atoms with Crippen LogP contribution in [-0.2, 0) is 4.79 Å². The van der Waals surface area contributed by atoms with Crippen LogP contribution in [0.15, 0.2) is 24.3 Å². The number of nitrogens with one attached hydrogen (secondary N) is 1. The van der Waals surface area contributed by atoms with Gasteiger partial charge in [-0.3, -0.25) is 9.69 Å². The molecule has 0 aliphatic carbocycles. The predicted octanol–water partition coefficient (Wildman–Crippen LogP) is 0.967. The number of amides is 1. The molecule has 0 bridgehead atoms. The number of para-hydroxylation sites is 1. The lowest BCUT2D eigenvalue weighted by Crippen LogP contribution is -2.33. The van der Waals surface area contributed by atoms with Crippen molar-refractivity contribution in [2.24, 2.45) is 5.73 Å². The van der Waals surface area contributed by atoms with E-state index in [9.17, 15) is 4.79 Å². The Kier molecular flexibility index (Phi) is 3.76. The number of hydrogen-bond acceptors (Lipinski definition) is 3. The Hall–Kier alpha value is -1.39. The van der Waals surface area contributed by atoms with Gasteiger partial charge in [-0.1, -0.05) is 18.2 Å². The van der Waals surface area contributed by atoms with Gasteiger partial charge in [0.1, 0.15) is 0 Å². The summed E-state index contributed by atoms with van der Waals surface area (Å²) < 4.78 is 0. The molecule has 92 valence electrons. The van der Waals surface area contributed by atoms with Gasteiger partial charge in [-0.15, -0.1) is 0 Å². The number of rotatable bonds is 3. The van der Waals surface area contributed by atoms with E-state index < -0.39 is 0 Å². The summed E-state index contributed by atoms with van der Waals surface area (Å²) in [5.74, 6) is 0.0356. The van der Waals surface area contributed by atoms with Gasteiger partial charge in [-0.05, 0) is 25.0 Å². The summed E-state index contributed by atoms with van der Waals surface area (Å²) in [5, 5.41) is 2.93. The van der Waals surface area contributed by atoms with E-state index in [1.807, 2.05) is 31.2 Å². The maximum Gasteiger partial charge on any atom is 0.238 e. The van der Waals surface area contributed by atoms with Gasteiger partial charge < -0.3 is 11.1 Å². The van der Waals surface area contributed by atoms with E-state index in [2.05, 4.69) is 10.2 Å². The molecule has 1 aliphatic rings. The second-order valence-electron chi connectivity index (χ2n) is 4.65. The van der Waals surface area contributed by atoms with Crippen molar-refractivity contribution in [1.29, 1.82) is 0 Å². The molecule has 0 saturated carbocycles. The number of hydrogen-bond donors (Lipinski definition) is 2. The third-order valence-corrected chi connectivity index (χ3v) is 3.10. The van der Waals surface area contributed by atoms with Gasteiger partial charge in [-0.25, -0.2) is 0 Å². The molecule has 2 rings (SSSR count). The van der Waals surface area contributed by atoms with Crippen LogP contribution in [-0.4, -0.2) is 36.5 Å². The third kappa shape index (κ3) is 3.28. The van der Waals surface area contributed by atoms with Crippen molar-refractivity contribution in [2.75, 3.05) is 25.0 Å². The fourth-order valence-electron chi connectivity index (χ4n) is 2.11. The molecule has 1 atom stereocenters. The van der Waals surface area contributed by atoms with Crippen molar-refractivity contribution < 1.29 is 4.79 Å². The van der Waals surface area contributed by atoms with E-state index in [0.29, 0.717) is 6.54 Å². The topological polar surface area (TPSA) is 58.4 Å². The van der Waals surface area contributed by atoms with E-state index in [1.165, 1.54) is 0 Å². The Morgan fingerprint density at radius 3 is 2.94 bits per heavy atom. The van der Waals surface area contributed by atoms with Crippen LogP contribution < -0.4 is 11.1 Å². The van der Waals surface area contributed by atoms with Gasteiger partial charge in [0.2, 0.25) is 5.91 Å². The van der Waals surface area contributed by atoms with E-state index in [0.717, 1.165) is 30.8 Å². The molecule has 4 nitrogen and oxygen atoms in total. The lowest BCUT2D eigenvalue weighted by atomic mass is 10.2. The molecule has 0 radical (unpaired) electrons. The first-order chi connectivity index (χ1) is 8.15. The molecule has 1 amide bonds. The van der Waals surface area contributed by atoms with Crippen LogP contribution in [0.5, 0.6) is 0 Å². The molecule has 1 saturated heterocycles. The highest BCUT2D eigenvalue weighted by Gasteiger charge is 2.20. The van der Waals surface area contributed by atoms with Crippen molar-refractivity contribution >= 4 is 11.6 Å². The Morgan fingerprint density at radius 2 is 2.29 bits per heavy atom. The summed E-state index contributed by atoms with van der Waals surface area (Å²) in [5.41, 5.74) is 7.78. The highest BCUT2D eigenvalue weighted by atomic mass is 16.2. The molecule has 0 aromatic heterocycles. The molecule has 17 heavy (non-hydrogen) atoms. The number of nitrogens with two attached hydrogens (primary N) is 1. The summed E-state index contributed by atoms with van der Waals surface area (Å²) >= 11 is 0. The Labute approximate surface area is 102 Å². The Bertz CT molecular complexity index is 405. The Morgan fingerprint density at radius 1 is 1.53 bits per heavy atom. The molecule has 1 aromatic carbocycles. The summed E-state index contributed by atoms with van der Waals surface area (Å²) in [4.78, 5) is 13.9. The Balaban J connectivity index is 1.87. The minimum absolute atomic E-state index is 0.0356. The maximum atomic E-state index is 11.8. The summed E-state index contributed by atoms with van der Waals surface area (Å²) in [6.45, 7) is 4.16. The van der Waals surface area contributed by atoms with Crippen LogP contribution in [0.25, 0.3) is 0 Å². The molecule has 4 heteroatoms. The van der Waals surface area contributed by atoms with Gasteiger partial charge in [0.15, 0.2) is 0 Å². The zero-order chi connectivity index (χ0) is 12.3. The van der Waals surface area contributed by atoms with Crippen molar-refractivity contribution in [3.63, 3.8) is 0 Å². The molecular formula is C13H19N3O. The van der Waals surface area contributed by atoms with Crippen molar-refractivity contribution in [3.8, 4) is 0 Å². The highest BCUT2D eigenvalue weighted by molar-refractivity contribution is 5.92. The van der Waals surface area contributed by atoms with Crippen molar-refractivity contribution in [2.45, 2.75) is 19.4 Å². The zero-order valence-corrected chi connectivity index (χ0v) is 10.1. The fourth-order valence-corrected chi connectivity index (χ4v) is 2.11. The minimum atomic E-state index is 0.0356. The second-order valence-corrected chi connectivity index (χ2v) is 4.65. The van der Waals surface area contributed by atoms with Crippen LogP contribution in [0.3, 0.4) is 0 Å². The van der Waals surface area contributed by atoms with Gasteiger partial charge in [0.05, 0.1) is 6.54 Å².